The number of nitrogens with one attached hydrogen (secondary N) is 3. The molecule has 2 aromatic carbocycles. The molecule has 1 heterocycles. The van der Waals surface area contributed by atoms with E-state index in [2.05, 4.69) is 41.6 Å². The van der Waals surface area contributed by atoms with E-state index in [0.29, 0.717) is 19.7 Å². The van der Waals surface area contributed by atoms with Gasteiger partial charge in [-0.15, -0.1) is 0 Å². The Morgan fingerprint density at radius 2 is 1.85 bits per heavy atom. The number of urea groups is 1. The lowest BCUT2D eigenvalue weighted by Gasteiger charge is -2.10. The Morgan fingerprint density at radius 3 is 2.69 bits per heavy atom. The van der Waals surface area contributed by atoms with Gasteiger partial charge in [0.05, 0.1) is 6.54 Å². The second-order valence-corrected chi connectivity index (χ2v) is 6.39. The van der Waals surface area contributed by atoms with Gasteiger partial charge in [0.25, 0.3) is 0 Å². The Hall–Kier alpha value is -2.95. The number of para-hydroxylation sites is 1. The van der Waals surface area contributed by atoms with Crippen molar-refractivity contribution >= 4 is 16.9 Å². The van der Waals surface area contributed by atoms with Crippen molar-refractivity contribution in [2.75, 3.05) is 19.7 Å². The second kappa shape index (κ2) is 8.43. The van der Waals surface area contributed by atoms with Crippen LogP contribution in [0.3, 0.4) is 0 Å². The zero-order chi connectivity index (χ0) is 18.4. The Labute approximate surface area is 153 Å². The smallest absolute Gasteiger partial charge is 0.314 e. The number of aromatic amines is 1. The van der Waals surface area contributed by atoms with Gasteiger partial charge in [0.1, 0.15) is 12.4 Å². The third kappa shape index (κ3) is 4.57. The molecule has 0 aliphatic rings. The summed E-state index contributed by atoms with van der Waals surface area (Å²) in [6, 6.07) is 14.0. The van der Waals surface area contributed by atoms with Crippen molar-refractivity contribution in [1.82, 2.24) is 15.6 Å². The van der Waals surface area contributed by atoms with Gasteiger partial charge in [-0.3, -0.25) is 0 Å². The van der Waals surface area contributed by atoms with E-state index in [4.69, 9.17) is 4.74 Å². The molecular formula is C21H25N3O2. The predicted octanol–water partition coefficient (Wildman–Crippen LogP) is 3.71. The number of hydrogen-bond donors (Lipinski definition) is 3. The van der Waals surface area contributed by atoms with Crippen LogP contribution >= 0.6 is 0 Å². The van der Waals surface area contributed by atoms with Gasteiger partial charge in [0, 0.05) is 23.6 Å². The number of aromatic nitrogens is 1. The Morgan fingerprint density at radius 1 is 1.04 bits per heavy atom. The number of rotatable bonds is 7. The van der Waals surface area contributed by atoms with Gasteiger partial charge in [-0.25, -0.2) is 4.79 Å². The molecule has 5 nitrogen and oxygen atoms in total. The fourth-order valence-electron chi connectivity index (χ4n) is 2.85. The summed E-state index contributed by atoms with van der Waals surface area (Å²) in [5.41, 5.74) is 4.77. The van der Waals surface area contributed by atoms with Gasteiger partial charge in [-0.05, 0) is 55.2 Å². The van der Waals surface area contributed by atoms with Gasteiger partial charge in [0.15, 0.2) is 0 Å². The average molecular weight is 351 g/mol. The first-order chi connectivity index (χ1) is 12.6. The number of fused-ring (bicyclic) bond motifs is 1. The van der Waals surface area contributed by atoms with Crippen LogP contribution in [-0.2, 0) is 6.42 Å². The lowest BCUT2D eigenvalue weighted by molar-refractivity contribution is 0.236. The normalized spacial score (nSPS) is 10.7. The molecular weight excluding hydrogens is 326 g/mol. The number of benzene rings is 2. The Kier molecular flexibility index (Phi) is 5.79. The zero-order valence-corrected chi connectivity index (χ0v) is 15.3. The lowest BCUT2D eigenvalue weighted by Crippen LogP contribution is -2.38. The molecule has 3 N–H and O–H groups in total. The Balaban J connectivity index is 1.35. The fourth-order valence-corrected chi connectivity index (χ4v) is 2.85. The summed E-state index contributed by atoms with van der Waals surface area (Å²) < 4.78 is 5.66. The van der Waals surface area contributed by atoms with Crippen molar-refractivity contribution in [3.05, 3.63) is 65.4 Å². The minimum atomic E-state index is -0.173. The first-order valence-corrected chi connectivity index (χ1v) is 8.90. The number of aryl methyl sites for hydroxylation is 2. The monoisotopic (exact) mass is 351 g/mol. The highest BCUT2D eigenvalue weighted by Gasteiger charge is 2.04. The molecule has 2 amide bonds. The molecule has 1 aromatic heterocycles. The molecule has 0 saturated heterocycles. The minimum absolute atomic E-state index is 0.173. The van der Waals surface area contributed by atoms with E-state index < -0.39 is 0 Å². The van der Waals surface area contributed by atoms with Gasteiger partial charge < -0.3 is 20.4 Å². The highest BCUT2D eigenvalue weighted by Crippen LogP contribution is 2.18. The van der Waals surface area contributed by atoms with Crippen LogP contribution in [0.4, 0.5) is 4.79 Å². The number of hydrogen-bond acceptors (Lipinski definition) is 2. The van der Waals surface area contributed by atoms with E-state index in [-0.39, 0.29) is 6.03 Å². The summed E-state index contributed by atoms with van der Waals surface area (Å²) in [5.74, 6) is 0.828. The van der Waals surface area contributed by atoms with Gasteiger partial charge in [-0.2, -0.15) is 0 Å². The molecule has 0 fully saturated rings. The molecule has 0 bridgehead atoms. The maximum atomic E-state index is 11.9. The second-order valence-electron chi connectivity index (χ2n) is 6.39. The highest BCUT2D eigenvalue weighted by atomic mass is 16.5. The largest absolute Gasteiger partial charge is 0.492 e. The molecule has 5 heteroatoms. The van der Waals surface area contributed by atoms with Crippen LogP contribution in [-0.4, -0.2) is 30.7 Å². The summed E-state index contributed by atoms with van der Waals surface area (Å²) in [6.07, 6.45) is 2.79. The molecule has 0 atom stereocenters. The van der Waals surface area contributed by atoms with Crippen molar-refractivity contribution in [3.8, 4) is 5.75 Å². The molecule has 0 aliphatic carbocycles. The number of carbonyl (C=O) groups excluding carboxylic acids is 1. The number of ether oxygens (including phenoxy) is 1. The third-order valence-electron chi connectivity index (χ3n) is 4.49. The number of carbonyl (C=O) groups is 1. The van der Waals surface area contributed by atoms with Crippen molar-refractivity contribution in [3.63, 3.8) is 0 Å². The predicted molar refractivity (Wildman–Crippen MR) is 105 cm³/mol. The quantitative estimate of drug-likeness (QED) is 0.568. The first-order valence-electron chi connectivity index (χ1n) is 8.90. The van der Waals surface area contributed by atoms with Crippen molar-refractivity contribution in [1.29, 1.82) is 0 Å². The van der Waals surface area contributed by atoms with Crippen molar-refractivity contribution in [2.24, 2.45) is 0 Å². The maximum absolute atomic E-state index is 11.9. The summed E-state index contributed by atoms with van der Waals surface area (Å²) in [5, 5.41) is 6.90. The van der Waals surface area contributed by atoms with E-state index in [1.54, 1.807) is 0 Å². The van der Waals surface area contributed by atoms with Crippen LogP contribution in [0.2, 0.25) is 0 Å². The van der Waals surface area contributed by atoms with Crippen LogP contribution in [0.1, 0.15) is 16.7 Å². The molecule has 3 aromatic rings. The molecule has 136 valence electrons. The Bertz CT molecular complexity index is 886. The van der Waals surface area contributed by atoms with Crippen molar-refractivity contribution in [2.45, 2.75) is 20.3 Å². The van der Waals surface area contributed by atoms with E-state index in [1.165, 1.54) is 22.1 Å². The molecule has 3 rings (SSSR count). The van der Waals surface area contributed by atoms with Gasteiger partial charge >= 0.3 is 6.03 Å². The minimum Gasteiger partial charge on any atom is -0.492 e. The van der Waals surface area contributed by atoms with Gasteiger partial charge in [0.2, 0.25) is 0 Å². The van der Waals surface area contributed by atoms with Crippen LogP contribution in [0, 0.1) is 13.8 Å². The highest BCUT2D eigenvalue weighted by molar-refractivity contribution is 5.83. The molecule has 0 saturated carbocycles. The topological polar surface area (TPSA) is 66.2 Å². The standard InChI is InChI=1S/C21H25N3O2/c1-15-7-8-18(13-16(15)2)26-12-11-23-21(25)22-10-9-17-14-24-20-6-4-3-5-19(17)20/h3-8,13-14,24H,9-12H2,1-2H3,(H2,22,23,25). The first kappa shape index (κ1) is 17.9. The van der Waals surface area contributed by atoms with Crippen molar-refractivity contribution < 1.29 is 9.53 Å². The van der Waals surface area contributed by atoms with E-state index in [0.717, 1.165) is 17.7 Å². The molecule has 0 radical (unpaired) electrons. The van der Waals surface area contributed by atoms with Crippen LogP contribution < -0.4 is 15.4 Å². The SMILES string of the molecule is Cc1ccc(OCCNC(=O)NCCc2c[nH]c3ccccc23)cc1C. The van der Waals surface area contributed by atoms with Crippen LogP contribution in [0.25, 0.3) is 10.9 Å². The molecule has 0 unspecified atom stereocenters. The lowest BCUT2D eigenvalue weighted by atomic mass is 10.1. The summed E-state index contributed by atoms with van der Waals surface area (Å²) in [7, 11) is 0. The van der Waals surface area contributed by atoms with Crippen LogP contribution in [0.5, 0.6) is 5.75 Å². The average Bonchev–Trinajstić information content (AvgIpc) is 3.05. The summed E-state index contributed by atoms with van der Waals surface area (Å²) >= 11 is 0. The van der Waals surface area contributed by atoms with E-state index in [9.17, 15) is 4.79 Å². The van der Waals surface area contributed by atoms with Gasteiger partial charge in [-0.1, -0.05) is 24.3 Å². The number of amides is 2. The molecule has 26 heavy (non-hydrogen) atoms. The summed E-state index contributed by atoms with van der Waals surface area (Å²) in [6.45, 7) is 5.62. The number of H-pyrrole nitrogens is 1. The summed E-state index contributed by atoms with van der Waals surface area (Å²) in [4.78, 5) is 15.1. The van der Waals surface area contributed by atoms with E-state index in [1.807, 2.05) is 36.5 Å². The fraction of sp³-hybridized carbons (Fsp3) is 0.286. The third-order valence-corrected chi connectivity index (χ3v) is 4.49. The maximum Gasteiger partial charge on any atom is 0.314 e. The zero-order valence-electron chi connectivity index (χ0n) is 15.3. The molecule has 0 aliphatic heterocycles. The van der Waals surface area contributed by atoms with Crippen LogP contribution in [0.15, 0.2) is 48.7 Å². The van der Waals surface area contributed by atoms with E-state index >= 15 is 0 Å². The molecule has 0 spiro atoms.